The number of ether oxygens (including phenoxy) is 1. The molecule has 0 aromatic heterocycles. The van der Waals surface area contributed by atoms with Gasteiger partial charge in [-0.25, -0.2) is 9.89 Å². The molecule has 2 aromatic rings. The summed E-state index contributed by atoms with van der Waals surface area (Å²) in [5.74, 6) is -6.32. The van der Waals surface area contributed by atoms with Gasteiger partial charge in [0.25, 0.3) is 5.91 Å². The van der Waals surface area contributed by atoms with Crippen LogP contribution in [-0.2, 0) is 14.4 Å². The fourth-order valence-electron chi connectivity index (χ4n) is 5.30. The summed E-state index contributed by atoms with van der Waals surface area (Å²) < 4.78 is 84.4. The second-order valence-corrected chi connectivity index (χ2v) is 10.8. The Hall–Kier alpha value is -3.90. The highest BCUT2D eigenvalue weighted by Gasteiger charge is 2.53. The van der Waals surface area contributed by atoms with Gasteiger partial charge in [-0.15, -0.1) is 0 Å². The smallest absolute Gasteiger partial charge is 0.389 e. The van der Waals surface area contributed by atoms with Crippen molar-refractivity contribution in [2.75, 3.05) is 5.32 Å². The van der Waals surface area contributed by atoms with Crippen molar-refractivity contribution in [3.63, 3.8) is 0 Å². The van der Waals surface area contributed by atoms with Crippen LogP contribution in [-0.4, -0.2) is 53.0 Å². The molecule has 3 amide bonds. The molecule has 3 aliphatic rings. The number of alkyl halides is 6. The molecule has 2 aliphatic heterocycles. The van der Waals surface area contributed by atoms with Crippen LogP contribution in [0.4, 0.5) is 32.0 Å². The first-order valence-corrected chi connectivity index (χ1v) is 13.5. The fourth-order valence-corrected chi connectivity index (χ4v) is 5.30. The topological polar surface area (TPSA) is 88.1 Å². The highest BCUT2D eigenvalue weighted by molar-refractivity contribution is 6.21. The van der Waals surface area contributed by atoms with Crippen molar-refractivity contribution >= 4 is 29.1 Å². The Morgan fingerprint density at radius 2 is 1.50 bits per heavy atom. The van der Waals surface area contributed by atoms with Gasteiger partial charge in [0.2, 0.25) is 18.0 Å². The lowest BCUT2D eigenvalue weighted by atomic mass is 9.87. The van der Waals surface area contributed by atoms with Gasteiger partial charge in [-0.1, -0.05) is 35.9 Å². The molecule has 1 saturated heterocycles. The third-order valence-electron chi connectivity index (χ3n) is 7.44. The van der Waals surface area contributed by atoms with E-state index in [0.29, 0.717) is 21.8 Å². The summed E-state index contributed by atoms with van der Waals surface area (Å²) in [4.78, 5) is 45.6. The molecule has 1 aliphatic carbocycles. The summed E-state index contributed by atoms with van der Waals surface area (Å²) in [5, 5.41) is 2.66. The molecule has 1 saturated carbocycles. The number of fused-ring (bicyclic) bond motifs is 1. The molecule has 2 heterocycles. The van der Waals surface area contributed by atoms with Crippen LogP contribution in [0.5, 0.6) is 5.75 Å². The Morgan fingerprint density at radius 1 is 0.905 bits per heavy atom. The number of amides is 3. The van der Waals surface area contributed by atoms with Crippen LogP contribution in [0.15, 0.2) is 47.5 Å². The molecular weight excluding hydrogens is 568 g/mol. The lowest BCUT2D eigenvalue weighted by molar-refractivity contribution is -0.147. The maximum absolute atomic E-state index is 13.6. The first kappa shape index (κ1) is 29.6. The van der Waals surface area contributed by atoms with Crippen LogP contribution in [0, 0.1) is 18.8 Å². The summed E-state index contributed by atoms with van der Waals surface area (Å²) in [5.41, 5.74) is 2.19. The zero-order valence-corrected chi connectivity index (χ0v) is 22.4. The lowest BCUT2D eigenvalue weighted by Crippen LogP contribution is -2.46. The van der Waals surface area contributed by atoms with E-state index in [0.717, 1.165) is 18.4 Å². The zero-order chi connectivity index (χ0) is 30.4. The molecule has 7 nitrogen and oxygen atoms in total. The van der Waals surface area contributed by atoms with Crippen LogP contribution in [0.2, 0.25) is 0 Å². The summed E-state index contributed by atoms with van der Waals surface area (Å²) in [6, 6.07) is 12.0. The van der Waals surface area contributed by atoms with E-state index >= 15 is 0 Å². The van der Waals surface area contributed by atoms with Gasteiger partial charge in [0.05, 0.1) is 29.3 Å². The first-order valence-electron chi connectivity index (χ1n) is 13.5. The summed E-state index contributed by atoms with van der Waals surface area (Å²) >= 11 is 0. The molecule has 42 heavy (non-hydrogen) atoms. The van der Waals surface area contributed by atoms with Crippen molar-refractivity contribution in [1.29, 1.82) is 0 Å². The highest BCUT2D eigenvalue weighted by atomic mass is 19.4. The van der Waals surface area contributed by atoms with Crippen molar-refractivity contribution in [2.24, 2.45) is 16.8 Å². The first-order chi connectivity index (χ1) is 19.7. The summed E-state index contributed by atoms with van der Waals surface area (Å²) in [6.07, 6.45) is -14.5. The Morgan fingerprint density at radius 3 is 2.05 bits per heavy atom. The van der Waals surface area contributed by atoms with Crippen molar-refractivity contribution in [1.82, 2.24) is 4.90 Å². The van der Waals surface area contributed by atoms with E-state index in [1.165, 1.54) is 0 Å². The molecule has 13 heteroatoms. The van der Waals surface area contributed by atoms with Crippen LogP contribution in [0.25, 0.3) is 0 Å². The van der Waals surface area contributed by atoms with Crippen molar-refractivity contribution in [3.05, 3.63) is 59.2 Å². The third-order valence-corrected chi connectivity index (χ3v) is 7.44. The third kappa shape index (κ3) is 6.44. The Balaban J connectivity index is 1.57. The maximum Gasteiger partial charge on any atom is 0.389 e. The van der Waals surface area contributed by atoms with E-state index in [1.54, 1.807) is 36.4 Å². The number of hydrogen-bond donors (Lipinski definition) is 1. The number of para-hydroxylation sites is 1. The molecular formula is C29H27F6N3O4. The van der Waals surface area contributed by atoms with Gasteiger partial charge in [0.1, 0.15) is 5.75 Å². The molecule has 224 valence electrons. The molecule has 2 aromatic carbocycles. The highest BCUT2D eigenvalue weighted by Crippen LogP contribution is 2.41. The maximum atomic E-state index is 13.6. The lowest BCUT2D eigenvalue weighted by Gasteiger charge is -2.22. The molecule has 2 fully saturated rings. The number of nitrogens with one attached hydrogen (secondary N) is 1. The standard InChI is InChI=1S/C29H27F6N3O4/c1-15-4-2-5-16(14-15)22-20-6-3-7-21(42-17-8-9-17)23(20)37-25(39)24(36-22)38-26(40)18(10-12-28(30,31)32)19(27(38)41)11-13-29(33,34)35/h2-7,14,17-19,24H,8-13H2,1H3,(H,37,39)/t18-,19+,24-/m0/s1. The van der Waals surface area contributed by atoms with E-state index < -0.39 is 73.8 Å². The summed E-state index contributed by atoms with van der Waals surface area (Å²) in [7, 11) is 0. The van der Waals surface area contributed by atoms with Gasteiger partial charge in [-0.05, 0) is 44.7 Å². The monoisotopic (exact) mass is 595 g/mol. The second-order valence-electron chi connectivity index (χ2n) is 10.8. The van der Waals surface area contributed by atoms with Crippen molar-refractivity contribution in [3.8, 4) is 5.75 Å². The Labute approximate surface area is 236 Å². The molecule has 3 atom stereocenters. The van der Waals surface area contributed by atoms with E-state index in [2.05, 4.69) is 10.3 Å². The molecule has 0 unspecified atom stereocenters. The SMILES string of the molecule is Cc1cccc(C2=N[C@@H](N3C(=O)[C@@H](CCC(F)(F)F)[C@@H](CCC(F)(F)F)C3=O)C(=O)Nc3c(OC4CC4)cccc32)c1. The van der Waals surface area contributed by atoms with Crippen LogP contribution < -0.4 is 10.1 Å². The predicted molar refractivity (Wildman–Crippen MR) is 139 cm³/mol. The average molecular weight is 596 g/mol. The molecule has 1 N–H and O–H groups in total. The number of hydrogen-bond acceptors (Lipinski definition) is 5. The minimum absolute atomic E-state index is 0.0580. The van der Waals surface area contributed by atoms with E-state index in [-0.39, 0.29) is 17.5 Å². The number of aryl methyl sites for hydroxylation is 1. The van der Waals surface area contributed by atoms with Gasteiger partial charge >= 0.3 is 12.4 Å². The number of imide groups is 1. The van der Waals surface area contributed by atoms with Gasteiger partial charge in [0.15, 0.2) is 0 Å². The van der Waals surface area contributed by atoms with Gasteiger partial charge in [-0.2, -0.15) is 26.3 Å². The zero-order valence-electron chi connectivity index (χ0n) is 22.4. The quantitative estimate of drug-likeness (QED) is 0.303. The Bertz CT molecular complexity index is 1400. The molecule has 0 bridgehead atoms. The van der Waals surface area contributed by atoms with E-state index in [1.807, 2.05) is 13.0 Å². The number of likely N-dealkylation sites (tertiary alicyclic amines) is 1. The normalized spacial score (nSPS) is 22.9. The van der Waals surface area contributed by atoms with Gasteiger partial charge in [0, 0.05) is 24.0 Å². The molecule has 0 spiro atoms. The number of anilines is 1. The largest absolute Gasteiger partial charge is 0.488 e. The predicted octanol–water partition coefficient (Wildman–Crippen LogP) is 5.94. The number of benzodiazepines with no additional fused rings is 1. The second kappa shape index (κ2) is 11.1. The van der Waals surface area contributed by atoms with E-state index in [9.17, 15) is 40.7 Å². The number of carbonyl (C=O) groups is 3. The number of rotatable bonds is 8. The minimum atomic E-state index is -4.71. The molecule has 0 radical (unpaired) electrons. The minimum Gasteiger partial charge on any atom is -0.488 e. The van der Waals surface area contributed by atoms with Crippen LogP contribution in [0.3, 0.4) is 0 Å². The number of benzene rings is 2. The van der Waals surface area contributed by atoms with Crippen molar-refractivity contribution in [2.45, 2.75) is 70.1 Å². The van der Waals surface area contributed by atoms with Crippen LogP contribution in [0.1, 0.15) is 55.2 Å². The van der Waals surface area contributed by atoms with E-state index in [4.69, 9.17) is 4.74 Å². The van der Waals surface area contributed by atoms with Crippen LogP contribution >= 0.6 is 0 Å². The van der Waals surface area contributed by atoms with Gasteiger partial charge in [-0.3, -0.25) is 14.4 Å². The number of aliphatic imine (C=N–C) groups is 1. The fraction of sp³-hybridized carbons (Fsp3) is 0.448. The van der Waals surface area contributed by atoms with Crippen molar-refractivity contribution < 1.29 is 45.5 Å². The summed E-state index contributed by atoms with van der Waals surface area (Å²) in [6.45, 7) is 1.82. The Kier molecular flexibility index (Phi) is 7.80. The van der Waals surface area contributed by atoms with Gasteiger partial charge < -0.3 is 10.1 Å². The number of halogens is 6. The average Bonchev–Trinajstić information content (AvgIpc) is 3.69. The number of carbonyl (C=O) groups excluding carboxylic acids is 3. The molecule has 5 rings (SSSR count). The number of nitrogens with zero attached hydrogens (tertiary/aromatic N) is 2.